The predicted molar refractivity (Wildman–Crippen MR) is 33.4 cm³/mol. The van der Waals surface area contributed by atoms with Crippen molar-refractivity contribution in [2.75, 3.05) is 0 Å². The molecule has 0 heterocycles. The van der Waals surface area contributed by atoms with Crippen LogP contribution in [0.5, 0.6) is 0 Å². The van der Waals surface area contributed by atoms with E-state index < -0.39 is 24.0 Å². The minimum atomic E-state index is -1.54. The monoisotopic (exact) mass is 228 g/mol. The van der Waals surface area contributed by atoms with Crippen molar-refractivity contribution in [2.45, 2.75) is 12.1 Å². The fraction of sp³-hybridized carbons (Fsp3) is 0.500. The van der Waals surface area contributed by atoms with Crippen LogP contribution >= 0.6 is 0 Å². The van der Waals surface area contributed by atoms with E-state index in [9.17, 15) is 9.59 Å². The van der Waals surface area contributed by atoms with Gasteiger partial charge in [0.2, 0.25) is 0 Å². The number of aliphatic carboxylic acids is 2. The maximum Gasteiger partial charge on any atom is 1.00 e. The van der Waals surface area contributed by atoms with Gasteiger partial charge in [-0.15, -0.1) is 0 Å². The minimum absolute atomic E-state index is 0. The van der Waals surface area contributed by atoms with Gasteiger partial charge in [-0.2, -0.15) is 0 Å². The molecule has 0 aliphatic carbocycles. The van der Waals surface area contributed by atoms with Crippen LogP contribution in [0.3, 0.4) is 0 Å². The van der Waals surface area contributed by atoms with E-state index in [2.05, 4.69) is 0 Å². The molecule has 0 aromatic rings. The van der Waals surface area contributed by atoms with Gasteiger partial charge in [-0.1, -0.05) is 0 Å². The molecule has 0 bridgehead atoms. The van der Waals surface area contributed by atoms with Crippen molar-refractivity contribution in [1.29, 1.82) is 0 Å². The van der Waals surface area contributed by atoms with Crippen LogP contribution in [0.15, 0.2) is 0 Å². The number of carboxylic acid groups (broad SMARTS) is 2. The molecule has 0 aliphatic heterocycles. The molecule has 0 aromatic heterocycles. The standard InChI is InChI=1S/C4H8N2O4.2K.2H/c5-1(3(7)8)2(6)4(9)10;;;;/h1-2H,5-6H2,(H,7,8)(H,9,10);;;;/q;2*+1;2*-1. The van der Waals surface area contributed by atoms with Crippen LogP contribution in [0.25, 0.3) is 0 Å². The Hall–Kier alpha value is 2.13. The average molecular weight is 228 g/mol. The second-order valence-electron chi connectivity index (χ2n) is 1.73. The van der Waals surface area contributed by atoms with Gasteiger partial charge < -0.3 is 24.5 Å². The number of nitrogens with two attached hydrogens (primary N) is 2. The molecule has 0 aromatic carbocycles. The summed E-state index contributed by atoms with van der Waals surface area (Å²) in [6.45, 7) is 0. The minimum Gasteiger partial charge on any atom is -1.00 e. The van der Waals surface area contributed by atoms with E-state index in [1.165, 1.54) is 0 Å². The molecular formula is C4H10K2N2O4. The number of hydrogen-bond donors (Lipinski definition) is 4. The van der Waals surface area contributed by atoms with Crippen molar-refractivity contribution in [3.63, 3.8) is 0 Å². The summed E-state index contributed by atoms with van der Waals surface area (Å²) in [6, 6.07) is -3.09. The zero-order valence-electron chi connectivity index (χ0n) is 9.02. The van der Waals surface area contributed by atoms with Gasteiger partial charge in [0.15, 0.2) is 0 Å². The van der Waals surface area contributed by atoms with E-state index in [-0.39, 0.29) is 106 Å². The Labute approximate surface area is 157 Å². The van der Waals surface area contributed by atoms with Crippen LogP contribution in [0.1, 0.15) is 2.85 Å². The molecule has 0 fully saturated rings. The Morgan fingerprint density at radius 2 is 1.17 bits per heavy atom. The van der Waals surface area contributed by atoms with Gasteiger partial charge in [-0.05, 0) is 0 Å². The normalized spacial score (nSPS) is 13.2. The molecule has 0 radical (unpaired) electrons. The third kappa shape index (κ3) is 7.53. The van der Waals surface area contributed by atoms with Crippen molar-refractivity contribution in [3.8, 4) is 0 Å². The number of hydrogen-bond acceptors (Lipinski definition) is 4. The molecule has 0 spiro atoms. The summed E-state index contributed by atoms with van der Waals surface area (Å²) in [5.74, 6) is -2.84. The Morgan fingerprint density at radius 1 is 1.00 bits per heavy atom. The summed E-state index contributed by atoms with van der Waals surface area (Å²) in [5.41, 5.74) is 9.71. The van der Waals surface area contributed by atoms with Crippen LogP contribution in [-0.4, -0.2) is 34.2 Å². The third-order valence-corrected chi connectivity index (χ3v) is 0.957. The Bertz CT molecular complexity index is 155. The molecule has 6 nitrogen and oxygen atoms in total. The van der Waals surface area contributed by atoms with E-state index in [1.54, 1.807) is 0 Å². The fourth-order valence-electron chi connectivity index (χ4n) is 0.307. The van der Waals surface area contributed by atoms with Crippen molar-refractivity contribution in [2.24, 2.45) is 11.5 Å². The number of carbonyl (C=O) groups is 2. The Kier molecular flexibility index (Phi) is 15.9. The summed E-state index contributed by atoms with van der Waals surface area (Å²) in [6.07, 6.45) is 0. The van der Waals surface area contributed by atoms with Gasteiger partial charge in [0.1, 0.15) is 12.1 Å². The second kappa shape index (κ2) is 9.68. The summed E-state index contributed by atoms with van der Waals surface area (Å²) >= 11 is 0. The Balaban J connectivity index is -0.0000000675. The van der Waals surface area contributed by atoms with Crippen molar-refractivity contribution >= 4 is 11.9 Å². The smallest absolute Gasteiger partial charge is 1.00 e. The van der Waals surface area contributed by atoms with Crippen molar-refractivity contribution in [3.05, 3.63) is 0 Å². The molecular weight excluding hydrogens is 218 g/mol. The van der Waals surface area contributed by atoms with Crippen LogP contribution < -0.4 is 114 Å². The third-order valence-electron chi connectivity index (χ3n) is 0.957. The quantitative estimate of drug-likeness (QED) is 0.355. The topological polar surface area (TPSA) is 127 Å². The molecule has 12 heavy (non-hydrogen) atoms. The largest absolute Gasteiger partial charge is 1.00 e. The fourth-order valence-corrected chi connectivity index (χ4v) is 0.307. The SMILES string of the molecule is NC(C(=O)O)C(N)C(=O)O.[H-].[H-].[K+].[K+]. The van der Waals surface area contributed by atoms with Crippen LogP contribution in [0, 0.1) is 0 Å². The summed E-state index contributed by atoms with van der Waals surface area (Å²) in [5, 5.41) is 16.3. The van der Waals surface area contributed by atoms with E-state index in [0.717, 1.165) is 0 Å². The van der Waals surface area contributed by atoms with Gasteiger partial charge in [-0.3, -0.25) is 9.59 Å². The second-order valence-corrected chi connectivity index (χ2v) is 1.73. The maximum absolute atomic E-state index is 9.98. The van der Waals surface area contributed by atoms with Gasteiger partial charge >= 0.3 is 115 Å². The van der Waals surface area contributed by atoms with Gasteiger partial charge in [0, 0.05) is 0 Å². The van der Waals surface area contributed by atoms with E-state index in [4.69, 9.17) is 21.7 Å². The predicted octanol–water partition coefficient (Wildman–Crippen LogP) is -7.96. The number of carboxylic acids is 2. The molecule has 6 N–H and O–H groups in total. The molecule has 0 aliphatic rings. The van der Waals surface area contributed by atoms with Gasteiger partial charge in [0.05, 0.1) is 0 Å². The molecule has 0 saturated carbocycles. The summed E-state index contributed by atoms with van der Waals surface area (Å²) in [7, 11) is 0. The van der Waals surface area contributed by atoms with Gasteiger partial charge in [-0.25, -0.2) is 0 Å². The summed E-state index contributed by atoms with van der Waals surface area (Å²) in [4.78, 5) is 20.0. The molecule has 2 atom stereocenters. The molecule has 2 unspecified atom stereocenters. The van der Waals surface area contributed by atoms with Crippen molar-refractivity contribution in [1.82, 2.24) is 0 Å². The first-order valence-electron chi connectivity index (χ1n) is 2.43. The molecule has 0 saturated heterocycles. The van der Waals surface area contributed by atoms with Crippen LogP contribution in [0.4, 0.5) is 0 Å². The first-order chi connectivity index (χ1) is 4.46. The van der Waals surface area contributed by atoms with Crippen molar-refractivity contribution < 1.29 is 125 Å². The van der Waals surface area contributed by atoms with Gasteiger partial charge in [0.25, 0.3) is 0 Å². The first-order valence-corrected chi connectivity index (χ1v) is 2.43. The number of rotatable bonds is 3. The van der Waals surface area contributed by atoms with Crippen LogP contribution in [0.2, 0.25) is 0 Å². The first kappa shape index (κ1) is 19.7. The van der Waals surface area contributed by atoms with E-state index >= 15 is 0 Å². The average Bonchev–Trinajstić information content (AvgIpc) is 1.84. The molecule has 0 amide bonds. The van der Waals surface area contributed by atoms with Crippen LogP contribution in [-0.2, 0) is 9.59 Å². The van der Waals surface area contributed by atoms with E-state index in [0.29, 0.717) is 0 Å². The summed E-state index contributed by atoms with van der Waals surface area (Å²) < 4.78 is 0. The maximum atomic E-state index is 9.98. The Morgan fingerprint density at radius 3 is 1.25 bits per heavy atom. The van der Waals surface area contributed by atoms with E-state index in [1.807, 2.05) is 0 Å². The molecule has 62 valence electrons. The molecule has 8 heteroatoms. The zero-order chi connectivity index (χ0) is 8.31. The molecule has 0 rings (SSSR count). The zero-order valence-corrected chi connectivity index (χ0v) is 13.3.